The Hall–Kier alpha value is -1.49. The molecule has 0 aromatic carbocycles. The highest BCUT2D eigenvalue weighted by Crippen LogP contribution is 2.74. The maximum atomic E-state index is 13.8. The van der Waals surface area contributed by atoms with Crippen LogP contribution in [-0.2, 0) is 19.1 Å². The van der Waals surface area contributed by atoms with Crippen molar-refractivity contribution in [2.45, 2.75) is 118 Å². The van der Waals surface area contributed by atoms with Gasteiger partial charge in [-0.3, -0.25) is 14.4 Å². The molecule has 0 bridgehead atoms. The van der Waals surface area contributed by atoms with Crippen molar-refractivity contribution >= 4 is 17.5 Å². The number of carbonyl (C=O) groups is 3. The van der Waals surface area contributed by atoms with Gasteiger partial charge >= 0.3 is 5.97 Å². The van der Waals surface area contributed by atoms with Gasteiger partial charge in [0.25, 0.3) is 0 Å². The molecule has 0 amide bonds. The highest BCUT2D eigenvalue weighted by Gasteiger charge is 2.78. The van der Waals surface area contributed by atoms with Gasteiger partial charge in [-0.2, -0.15) is 0 Å². The Bertz CT molecular complexity index is 1020. The van der Waals surface area contributed by atoms with E-state index in [9.17, 15) is 19.5 Å². The second kappa shape index (κ2) is 7.52. The predicted octanol–water partition coefficient (Wildman–Crippen LogP) is 5.58. The molecule has 2 saturated carbocycles. The summed E-state index contributed by atoms with van der Waals surface area (Å²) in [5, 5.41) is 10.8. The molecule has 1 aliphatic heterocycles. The van der Waals surface area contributed by atoms with Crippen molar-refractivity contribution < 1.29 is 24.2 Å². The molecule has 1 N–H and O–H groups in total. The first-order valence-electron chi connectivity index (χ1n) is 13.8. The molecule has 5 nitrogen and oxygen atoms in total. The molecule has 5 rings (SSSR count). The van der Waals surface area contributed by atoms with E-state index in [-0.39, 0.29) is 46.8 Å². The minimum Gasteiger partial charge on any atom is -0.458 e. The Balaban J connectivity index is 1.57. The van der Waals surface area contributed by atoms with E-state index in [1.807, 2.05) is 20.8 Å². The van der Waals surface area contributed by atoms with E-state index in [0.29, 0.717) is 25.2 Å². The second-order valence-corrected chi connectivity index (χ2v) is 14.2. The number of fused-ring (bicyclic) bond motifs is 3. The monoisotopic (exact) mass is 484 g/mol. The lowest BCUT2D eigenvalue weighted by molar-refractivity contribution is -0.159. The van der Waals surface area contributed by atoms with Gasteiger partial charge in [0.15, 0.2) is 0 Å². The van der Waals surface area contributed by atoms with Crippen molar-refractivity contribution in [1.29, 1.82) is 0 Å². The average Bonchev–Trinajstić information content (AvgIpc) is 3.11. The molecule has 1 heterocycles. The second-order valence-electron chi connectivity index (χ2n) is 14.2. The fraction of sp³-hybridized carbons (Fsp3) is 0.833. The lowest BCUT2D eigenvalue weighted by atomic mass is 9.43. The SMILES string of the molecule is CC(C)CC(=O)C[C@]1(C)OC(=O)[C@]23CCC4=C(CC[C@H]5C(C)(C)[C@@H](O)CC[C@]45C)[C@]2(C)CC(=O)[C@@H]31. The molecule has 7 atom stereocenters. The van der Waals surface area contributed by atoms with Gasteiger partial charge in [0.2, 0.25) is 0 Å². The molecule has 0 unspecified atom stereocenters. The van der Waals surface area contributed by atoms with E-state index in [1.54, 1.807) is 0 Å². The summed E-state index contributed by atoms with van der Waals surface area (Å²) in [5.41, 5.74) is 0.148. The van der Waals surface area contributed by atoms with Crippen LogP contribution in [0.3, 0.4) is 0 Å². The van der Waals surface area contributed by atoms with Crippen molar-refractivity contribution in [3.05, 3.63) is 11.1 Å². The third kappa shape index (κ3) is 3.06. The number of ether oxygens (including phenoxy) is 1. The maximum absolute atomic E-state index is 13.8. The summed E-state index contributed by atoms with van der Waals surface area (Å²) in [4.78, 5) is 40.4. The number of rotatable bonds is 4. The summed E-state index contributed by atoms with van der Waals surface area (Å²) in [6.45, 7) is 14.8. The standard InChI is InChI=1S/C30H44O5/c1-17(2)14-18(31)15-29(7)24-21(32)16-28(6)20-8-9-22-26(3,4)23(33)11-12-27(22,5)19(20)10-13-30(24,28)25(34)35-29/h17,22-24,33H,8-16H2,1-7H3/t22-,23-,24+,27+,28-,29-,30+/m0/s1. The fourth-order valence-electron chi connectivity index (χ4n) is 9.96. The van der Waals surface area contributed by atoms with Crippen molar-refractivity contribution in [3.63, 3.8) is 0 Å². The van der Waals surface area contributed by atoms with Crippen molar-refractivity contribution in [1.82, 2.24) is 0 Å². The van der Waals surface area contributed by atoms with E-state index < -0.39 is 22.3 Å². The Kier molecular flexibility index (Phi) is 5.41. The zero-order valence-corrected chi connectivity index (χ0v) is 22.8. The number of aliphatic hydroxyl groups excluding tert-OH is 1. The van der Waals surface area contributed by atoms with Crippen LogP contribution in [0, 0.1) is 39.4 Å². The normalized spacial score (nSPS) is 46.1. The lowest BCUT2D eigenvalue weighted by Gasteiger charge is -2.61. The van der Waals surface area contributed by atoms with E-state index >= 15 is 0 Å². The van der Waals surface area contributed by atoms with Crippen LogP contribution in [0.4, 0.5) is 0 Å². The molecule has 0 aromatic heterocycles. The summed E-state index contributed by atoms with van der Waals surface area (Å²) in [7, 11) is 0. The molecule has 5 heteroatoms. The molecule has 1 saturated heterocycles. The third-order valence-corrected chi connectivity index (χ3v) is 11.4. The topological polar surface area (TPSA) is 80.7 Å². The van der Waals surface area contributed by atoms with Crippen LogP contribution in [0.25, 0.3) is 0 Å². The first kappa shape index (κ1) is 25.2. The number of Topliss-reactive ketones (excluding diaryl/α,β-unsaturated/α-hetero) is 2. The number of cyclic esters (lactones) is 1. The summed E-state index contributed by atoms with van der Waals surface area (Å²) < 4.78 is 6.09. The maximum Gasteiger partial charge on any atom is 0.314 e. The van der Waals surface area contributed by atoms with Crippen molar-refractivity contribution in [2.24, 2.45) is 39.4 Å². The number of ketones is 2. The van der Waals surface area contributed by atoms with Gasteiger partial charge in [0.05, 0.1) is 17.4 Å². The Morgan fingerprint density at radius 1 is 1.03 bits per heavy atom. The van der Waals surface area contributed by atoms with Gasteiger partial charge in [0, 0.05) is 24.7 Å². The number of aliphatic hydroxyl groups is 1. The van der Waals surface area contributed by atoms with E-state index in [0.717, 1.165) is 32.1 Å². The number of esters is 1. The first-order chi connectivity index (χ1) is 16.1. The van der Waals surface area contributed by atoms with Crippen LogP contribution in [0.2, 0.25) is 0 Å². The van der Waals surface area contributed by atoms with Gasteiger partial charge < -0.3 is 9.84 Å². The minimum atomic E-state index is -1.05. The Morgan fingerprint density at radius 2 is 1.71 bits per heavy atom. The molecule has 4 aliphatic carbocycles. The highest BCUT2D eigenvalue weighted by atomic mass is 16.6. The summed E-state index contributed by atoms with van der Waals surface area (Å²) in [6.07, 6.45) is 5.66. The smallest absolute Gasteiger partial charge is 0.314 e. The third-order valence-electron chi connectivity index (χ3n) is 11.4. The predicted molar refractivity (Wildman–Crippen MR) is 133 cm³/mol. The number of carbonyl (C=O) groups excluding carboxylic acids is 3. The van der Waals surface area contributed by atoms with Crippen molar-refractivity contribution in [3.8, 4) is 0 Å². The number of allylic oxidation sites excluding steroid dienone is 2. The zero-order chi connectivity index (χ0) is 25.8. The fourth-order valence-corrected chi connectivity index (χ4v) is 9.96. The van der Waals surface area contributed by atoms with Gasteiger partial charge in [-0.05, 0) is 68.1 Å². The van der Waals surface area contributed by atoms with Gasteiger partial charge in [-0.1, -0.05) is 52.7 Å². The lowest BCUT2D eigenvalue weighted by Crippen LogP contribution is -2.56. The minimum absolute atomic E-state index is 0.0128. The number of hydrogen-bond donors (Lipinski definition) is 1. The molecular weight excluding hydrogens is 440 g/mol. The summed E-state index contributed by atoms with van der Waals surface area (Å²) in [6, 6.07) is 0. The van der Waals surface area contributed by atoms with E-state index in [2.05, 4.69) is 27.7 Å². The largest absolute Gasteiger partial charge is 0.458 e. The molecule has 1 spiro atoms. The van der Waals surface area contributed by atoms with Gasteiger partial charge in [-0.25, -0.2) is 0 Å². The molecular formula is C30H44O5. The van der Waals surface area contributed by atoms with Crippen LogP contribution in [-0.4, -0.2) is 34.3 Å². The van der Waals surface area contributed by atoms with Crippen molar-refractivity contribution in [2.75, 3.05) is 0 Å². The van der Waals surface area contributed by atoms with E-state index in [1.165, 1.54) is 11.1 Å². The van der Waals surface area contributed by atoms with Crippen LogP contribution in [0.1, 0.15) is 106 Å². The number of hydrogen-bond acceptors (Lipinski definition) is 5. The Labute approximate surface area is 210 Å². The molecule has 0 radical (unpaired) electrons. The summed E-state index contributed by atoms with van der Waals surface area (Å²) in [5.74, 6) is -0.0170. The van der Waals surface area contributed by atoms with Gasteiger partial charge in [0.1, 0.15) is 17.2 Å². The highest BCUT2D eigenvalue weighted by molar-refractivity contribution is 6.00. The zero-order valence-electron chi connectivity index (χ0n) is 22.8. The molecule has 5 aliphatic rings. The summed E-state index contributed by atoms with van der Waals surface area (Å²) >= 11 is 0. The van der Waals surface area contributed by atoms with Crippen LogP contribution in [0.15, 0.2) is 11.1 Å². The molecule has 0 aromatic rings. The van der Waals surface area contributed by atoms with E-state index in [4.69, 9.17) is 4.74 Å². The quantitative estimate of drug-likeness (QED) is 0.416. The Morgan fingerprint density at radius 3 is 2.37 bits per heavy atom. The molecule has 194 valence electrons. The first-order valence-corrected chi connectivity index (χ1v) is 13.8. The van der Waals surface area contributed by atoms with Crippen LogP contribution in [0.5, 0.6) is 0 Å². The van der Waals surface area contributed by atoms with Crippen LogP contribution >= 0.6 is 0 Å². The average molecular weight is 485 g/mol. The van der Waals surface area contributed by atoms with Gasteiger partial charge in [-0.15, -0.1) is 0 Å². The van der Waals surface area contributed by atoms with Crippen LogP contribution < -0.4 is 0 Å². The molecule has 35 heavy (non-hydrogen) atoms. The molecule has 3 fully saturated rings.